The van der Waals surface area contributed by atoms with Crippen molar-refractivity contribution < 1.29 is 19.1 Å². The summed E-state index contributed by atoms with van der Waals surface area (Å²) in [4.78, 5) is 24.2. The van der Waals surface area contributed by atoms with E-state index >= 15 is 0 Å². The van der Waals surface area contributed by atoms with E-state index < -0.39 is 0 Å². The lowest BCUT2D eigenvalue weighted by atomic mass is 10.3. The normalized spacial score (nSPS) is 10.2. The zero-order chi connectivity index (χ0) is 16.8. The van der Waals surface area contributed by atoms with E-state index in [2.05, 4.69) is 21.2 Å². The van der Waals surface area contributed by atoms with E-state index in [-0.39, 0.29) is 18.5 Å². The molecule has 0 unspecified atom stereocenters. The summed E-state index contributed by atoms with van der Waals surface area (Å²) in [6.07, 6.45) is 0. The number of rotatable bonds is 6. The van der Waals surface area contributed by atoms with Crippen molar-refractivity contribution in [3.8, 4) is 5.75 Å². The van der Waals surface area contributed by atoms with E-state index in [4.69, 9.17) is 9.47 Å². The number of ether oxygens (including phenoxy) is 2. The van der Waals surface area contributed by atoms with Gasteiger partial charge in [-0.15, -0.1) is 11.3 Å². The van der Waals surface area contributed by atoms with Gasteiger partial charge < -0.3 is 14.8 Å². The molecule has 7 heteroatoms. The first kappa shape index (κ1) is 17.5. The van der Waals surface area contributed by atoms with Gasteiger partial charge in [-0.2, -0.15) is 0 Å². The molecule has 1 aromatic heterocycles. The number of nitrogens with one attached hydrogen (secondary N) is 1. The summed E-state index contributed by atoms with van der Waals surface area (Å²) >= 11 is 4.54. The SMILES string of the molecule is CCOC(=O)c1sc(NC(=O)COc2ccccc2Br)cc1C. The Kier molecular flexibility index (Phi) is 6.18. The highest BCUT2D eigenvalue weighted by atomic mass is 79.9. The van der Waals surface area contributed by atoms with Crippen LogP contribution < -0.4 is 10.1 Å². The van der Waals surface area contributed by atoms with Crippen molar-refractivity contribution in [1.29, 1.82) is 0 Å². The Bertz CT molecular complexity index is 714. The average molecular weight is 398 g/mol. The molecule has 0 fully saturated rings. The number of benzene rings is 1. The molecular weight excluding hydrogens is 382 g/mol. The fraction of sp³-hybridized carbons (Fsp3) is 0.250. The topological polar surface area (TPSA) is 64.6 Å². The molecule has 0 bridgehead atoms. The van der Waals surface area contributed by atoms with Gasteiger partial charge in [0.25, 0.3) is 5.91 Å². The van der Waals surface area contributed by atoms with Gasteiger partial charge in [-0.05, 0) is 53.5 Å². The number of carbonyl (C=O) groups excluding carboxylic acids is 2. The Hall–Kier alpha value is -1.86. The molecule has 0 aliphatic heterocycles. The van der Waals surface area contributed by atoms with Gasteiger partial charge in [0.2, 0.25) is 0 Å². The third-order valence-electron chi connectivity index (χ3n) is 2.84. The lowest BCUT2D eigenvalue weighted by Gasteiger charge is -2.07. The number of anilines is 1. The molecule has 2 rings (SSSR count). The Labute approximate surface area is 146 Å². The number of para-hydroxylation sites is 1. The van der Waals surface area contributed by atoms with Gasteiger partial charge in [0, 0.05) is 0 Å². The second-order valence-corrected chi connectivity index (χ2v) is 6.52. The van der Waals surface area contributed by atoms with Crippen LogP contribution in [0.4, 0.5) is 5.00 Å². The van der Waals surface area contributed by atoms with Gasteiger partial charge in [-0.3, -0.25) is 4.79 Å². The second kappa shape index (κ2) is 8.12. The van der Waals surface area contributed by atoms with Gasteiger partial charge in [-0.1, -0.05) is 12.1 Å². The highest BCUT2D eigenvalue weighted by molar-refractivity contribution is 9.10. The molecule has 23 heavy (non-hydrogen) atoms. The number of amides is 1. The van der Waals surface area contributed by atoms with E-state index in [0.29, 0.717) is 22.2 Å². The fourth-order valence-electron chi connectivity index (χ4n) is 1.82. The first-order valence-electron chi connectivity index (χ1n) is 6.96. The van der Waals surface area contributed by atoms with Crippen LogP contribution >= 0.6 is 27.3 Å². The van der Waals surface area contributed by atoms with E-state index in [1.165, 1.54) is 11.3 Å². The second-order valence-electron chi connectivity index (χ2n) is 4.61. The minimum Gasteiger partial charge on any atom is -0.483 e. The highest BCUT2D eigenvalue weighted by Crippen LogP contribution is 2.27. The predicted octanol–water partition coefficient (Wildman–Crippen LogP) is 4.01. The lowest BCUT2D eigenvalue weighted by Crippen LogP contribution is -2.19. The number of thiophene rings is 1. The van der Waals surface area contributed by atoms with Crippen molar-refractivity contribution in [2.45, 2.75) is 13.8 Å². The van der Waals surface area contributed by atoms with Crippen LogP contribution in [0.2, 0.25) is 0 Å². The summed E-state index contributed by atoms with van der Waals surface area (Å²) < 4.78 is 11.2. The minimum atomic E-state index is -0.375. The van der Waals surface area contributed by atoms with Gasteiger partial charge in [-0.25, -0.2) is 4.79 Å². The monoisotopic (exact) mass is 397 g/mol. The quantitative estimate of drug-likeness (QED) is 0.747. The van der Waals surface area contributed by atoms with E-state index in [0.717, 1.165) is 10.0 Å². The smallest absolute Gasteiger partial charge is 0.348 e. The van der Waals surface area contributed by atoms with E-state index in [1.54, 1.807) is 26.0 Å². The summed E-state index contributed by atoms with van der Waals surface area (Å²) in [6.45, 7) is 3.75. The summed E-state index contributed by atoms with van der Waals surface area (Å²) in [5.41, 5.74) is 0.774. The fourth-order valence-corrected chi connectivity index (χ4v) is 3.20. The van der Waals surface area contributed by atoms with E-state index in [1.807, 2.05) is 18.2 Å². The third-order valence-corrected chi connectivity index (χ3v) is 4.62. The molecule has 0 saturated heterocycles. The van der Waals surface area contributed by atoms with Crippen LogP contribution in [0.15, 0.2) is 34.8 Å². The maximum atomic E-state index is 12.0. The summed E-state index contributed by atoms with van der Waals surface area (Å²) in [6, 6.07) is 9.04. The van der Waals surface area contributed by atoms with Crippen molar-refractivity contribution in [3.05, 3.63) is 45.2 Å². The van der Waals surface area contributed by atoms with Crippen molar-refractivity contribution in [3.63, 3.8) is 0 Å². The summed E-state index contributed by atoms with van der Waals surface area (Å²) in [5.74, 6) is -0.0744. The van der Waals surface area contributed by atoms with Crippen LogP contribution in [0.5, 0.6) is 5.75 Å². The zero-order valence-corrected chi connectivity index (χ0v) is 15.1. The third kappa shape index (κ3) is 4.80. The van der Waals surface area contributed by atoms with Gasteiger partial charge in [0.05, 0.1) is 16.1 Å². The molecule has 2 aromatic rings. The van der Waals surface area contributed by atoms with Gasteiger partial charge in [0.15, 0.2) is 6.61 Å². The summed E-state index contributed by atoms with van der Waals surface area (Å²) in [5, 5.41) is 3.31. The standard InChI is InChI=1S/C16H16BrNO4S/c1-3-21-16(20)15-10(2)8-14(23-15)18-13(19)9-22-12-7-5-4-6-11(12)17/h4-8H,3,9H2,1-2H3,(H,18,19). The molecule has 0 saturated carbocycles. The molecule has 1 N–H and O–H groups in total. The Morgan fingerprint density at radius 1 is 1.30 bits per heavy atom. The predicted molar refractivity (Wildman–Crippen MR) is 93.3 cm³/mol. The molecule has 1 aromatic carbocycles. The minimum absolute atomic E-state index is 0.117. The number of halogens is 1. The molecular formula is C16H16BrNO4S. The van der Waals surface area contributed by atoms with Crippen molar-refractivity contribution in [2.24, 2.45) is 0 Å². The molecule has 5 nitrogen and oxygen atoms in total. The molecule has 0 aliphatic rings. The lowest BCUT2D eigenvalue weighted by molar-refractivity contribution is -0.118. The Morgan fingerprint density at radius 3 is 2.74 bits per heavy atom. The molecule has 0 aliphatic carbocycles. The van der Waals surface area contributed by atoms with Crippen molar-refractivity contribution in [1.82, 2.24) is 0 Å². The molecule has 0 spiro atoms. The maximum absolute atomic E-state index is 12.0. The first-order chi connectivity index (χ1) is 11.0. The van der Waals surface area contributed by atoms with Gasteiger partial charge >= 0.3 is 5.97 Å². The van der Waals surface area contributed by atoms with Crippen molar-refractivity contribution >= 4 is 44.1 Å². The molecule has 1 heterocycles. The van der Waals surface area contributed by atoms with Crippen LogP contribution in [0, 0.1) is 6.92 Å². The summed E-state index contributed by atoms with van der Waals surface area (Å²) in [7, 11) is 0. The Balaban J connectivity index is 1.94. The number of aryl methyl sites for hydroxylation is 1. The number of hydrogen-bond acceptors (Lipinski definition) is 5. The molecule has 0 radical (unpaired) electrons. The van der Waals surface area contributed by atoms with E-state index in [9.17, 15) is 9.59 Å². The number of carbonyl (C=O) groups is 2. The average Bonchev–Trinajstić information content (AvgIpc) is 2.87. The van der Waals surface area contributed by atoms with Crippen LogP contribution in [0.25, 0.3) is 0 Å². The zero-order valence-electron chi connectivity index (χ0n) is 12.7. The molecule has 1 amide bonds. The first-order valence-corrected chi connectivity index (χ1v) is 8.57. The van der Waals surface area contributed by atoms with Crippen LogP contribution in [-0.4, -0.2) is 25.1 Å². The molecule has 0 atom stereocenters. The van der Waals surface area contributed by atoms with Crippen LogP contribution in [0.1, 0.15) is 22.2 Å². The van der Waals surface area contributed by atoms with Crippen LogP contribution in [0.3, 0.4) is 0 Å². The number of esters is 1. The molecule has 122 valence electrons. The maximum Gasteiger partial charge on any atom is 0.348 e. The largest absolute Gasteiger partial charge is 0.483 e. The highest BCUT2D eigenvalue weighted by Gasteiger charge is 2.16. The van der Waals surface area contributed by atoms with Crippen LogP contribution in [-0.2, 0) is 9.53 Å². The van der Waals surface area contributed by atoms with Crippen molar-refractivity contribution in [2.75, 3.05) is 18.5 Å². The Morgan fingerprint density at radius 2 is 2.04 bits per heavy atom. The van der Waals surface area contributed by atoms with Gasteiger partial charge in [0.1, 0.15) is 10.6 Å². The number of hydrogen-bond donors (Lipinski definition) is 1.